The molecule has 7 nitrogen and oxygen atoms in total. The highest BCUT2D eigenvalue weighted by Gasteiger charge is 2.20. The summed E-state index contributed by atoms with van der Waals surface area (Å²) in [6.45, 7) is 4.63. The number of nitro groups is 1. The molecule has 154 valence electrons. The summed E-state index contributed by atoms with van der Waals surface area (Å²) in [5, 5.41) is 16.9. The van der Waals surface area contributed by atoms with Gasteiger partial charge < -0.3 is 10.6 Å². The molecule has 0 radical (unpaired) electrons. The highest BCUT2D eigenvalue weighted by molar-refractivity contribution is 5.95. The highest BCUT2D eigenvalue weighted by Crippen LogP contribution is 2.25. The molecule has 1 atom stereocenters. The topological polar surface area (TPSA) is 87.5 Å². The van der Waals surface area contributed by atoms with Gasteiger partial charge in [0.05, 0.1) is 4.92 Å². The molecule has 1 fully saturated rings. The second-order valence-corrected chi connectivity index (χ2v) is 7.51. The largest absolute Gasteiger partial charge is 0.383 e. The average molecular weight is 396 g/mol. The molecule has 2 N–H and O–H groups in total. The standard InChI is InChI=1S/C22H28N4O3/c1-16-7-5-6-12-25(16)15-19-9-4-3-8-18(19)14-24-22(27)17-10-11-20(23-2)21(13-17)26(28)29/h3-4,8-11,13,16,23H,5-7,12,14-15H2,1-2H3,(H,24,27). The molecule has 3 rings (SSSR count). The van der Waals surface area contributed by atoms with Crippen molar-refractivity contribution in [1.29, 1.82) is 0 Å². The number of nitrogens with zero attached hydrogens (tertiary/aromatic N) is 2. The zero-order valence-corrected chi connectivity index (χ0v) is 17.0. The first-order valence-corrected chi connectivity index (χ1v) is 10.0. The van der Waals surface area contributed by atoms with Gasteiger partial charge in [0.25, 0.3) is 11.6 Å². The quantitative estimate of drug-likeness (QED) is 0.547. The maximum absolute atomic E-state index is 12.6. The van der Waals surface area contributed by atoms with Crippen LogP contribution in [0.1, 0.15) is 47.7 Å². The van der Waals surface area contributed by atoms with E-state index in [0.717, 1.165) is 18.7 Å². The van der Waals surface area contributed by atoms with E-state index in [2.05, 4.69) is 28.5 Å². The van der Waals surface area contributed by atoms with E-state index in [1.807, 2.05) is 18.2 Å². The fraction of sp³-hybridized carbons (Fsp3) is 0.409. The molecule has 1 saturated heterocycles. The lowest BCUT2D eigenvalue weighted by atomic mass is 10.0. The van der Waals surface area contributed by atoms with Gasteiger partial charge in [0, 0.05) is 37.8 Å². The second kappa shape index (κ2) is 9.52. The summed E-state index contributed by atoms with van der Waals surface area (Å²) in [5.41, 5.74) is 2.82. The molecule has 1 heterocycles. The van der Waals surface area contributed by atoms with Crippen molar-refractivity contribution < 1.29 is 9.72 Å². The maximum Gasteiger partial charge on any atom is 0.293 e. The lowest BCUT2D eigenvalue weighted by Gasteiger charge is -2.33. The van der Waals surface area contributed by atoms with Crippen LogP contribution in [-0.2, 0) is 13.1 Å². The summed E-state index contributed by atoms with van der Waals surface area (Å²) in [4.78, 5) is 25.8. The number of amides is 1. The van der Waals surface area contributed by atoms with Gasteiger partial charge >= 0.3 is 0 Å². The van der Waals surface area contributed by atoms with E-state index in [4.69, 9.17) is 0 Å². The molecule has 2 aromatic carbocycles. The zero-order valence-electron chi connectivity index (χ0n) is 17.0. The highest BCUT2D eigenvalue weighted by atomic mass is 16.6. The van der Waals surface area contributed by atoms with Crippen molar-refractivity contribution in [3.8, 4) is 0 Å². The Morgan fingerprint density at radius 2 is 1.97 bits per heavy atom. The van der Waals surface area contributed by atoms with Crippen molar-refractivity contribution in [3.05, 3.63) is 69.3 Å². The Bertz CT molecular complexity index is 884. The molecule has 1 aliphatic rings. The third-order valence-electron chi connectivity index (χ3n) is 5.60. The number of anilines is 1. The number of nitro benzene ring substituents is 1. The summed E-state index contributed by atoms with van der Waals surface area (Å²) in [5.74, 6) is -0.322. The number of carbonyl (C=O) groups is 1. The first kappa shape index (κ1) is 20.8. The van der Waals surface area contributed by atoms with Crippen molar-refractivity contribution in [2.75, 3.05) is 18.9 Å². The van der Waals surface area contributed by atoms with Crippen molar-refractivity contribution >= 4 is 17.3 Å². The summed E-state index contributed by atoms with van der Waals surface area (Å²) in [7, 11) is 1.61. The van der Waals surface area contributed by atoms with Crippen LogP contribution in [0.5, 0.6) is 0 Å². The number of carbonyl (C=O) groups excluding carboxylic acids is 1. The van der Waals surface area contributed by atoms with E-state index in [1.54, 1.807) is 19.2 Å². The van der Waals surface area contributed by atoms with E-state index >= 15 is 0 Å². The van der Waals surface area contributed by atoms with E-state index in [1.165, 1.54) is 30.9 Å². The molecule has 1 unspecified atom stereocenters. The normalized spacial score (nSPS) is 17.0. The Morgan fingerprint density at radius 1 is 1.21 bits per heavy atom. The predicted octanol–water partition coefficient (Wildman–Crippen LogP) is 3.94. The Balaban J connectivity index is 1.69. The van der Waals surface area contributed by atoms with E-state index in [-0.39, 0.29) is 17.2 Å². The van der Waals surface area contributed by atoms with Crippen LogP contribution in [0, 0.1) is 10.1 Å². The molecule has 0 aliphatic carbocycles. The van der Waals surface area contributed by atoms with Crippen molar-refractivity contribution in [1.82, 2.24) is 10.2 Å². The van der Waals surface area contributed by atoms with Gasteiger partial charge in [-0.05, 0) is 49.6 Å². The molecule has 0 bridgehead atoms. The fourth-order valence-electron chi connectivity index (χ4n) is 3.81. The summed E-state index contributed by atoms with van der Waals surface area (Å²) >= 11 is 0. The van der Waals surface area contributed by atoms with Crippen molar-refractivity contribution in [2.45, 2.75) is 45.3 Å². The van der Waals surface area contributed by atoms with Gasteiger partial charge in [-0.15, -0.1) is 0 Å². The summed E-state index contributed by atoms with van der Waals surface area (Å²) < 4.78 is 0. The molecule has 0 spiro atoms. The van der Waals surface area contributed by atoms with Crippen molar-refractivity contribution in [2.24, 2.45) is 0 Å². The fourth-order valence-corrected chi connectivity index (χ4v) is 3.81. The molecular weight excluding hydrogens is 368 g/mol. The van der Waals surface area contributed by atoms with Crippen LogP contribution in [0.3, 0.4) is 0 Å². The van der Waals surface area contributed by atoms with Crippen LogP contribution < -0.4 is 10.6 Å². The molecule has 29 heavy (non-hydrogen) atoms. The summed E-state index contributed by atoms with van der Waals surface area (Å²) in [6, 6.07) is 13.1. The maximum atomic E-state index is 12.6. The van der Waals surface area contributed by atoms with E-state index in [9.17, 15) is 14.9 Å². The Labute approximate surface area is 171 Å². The molecule has 1 aliphatic heterocycles. The smallest absolute Gasteiger partial charge is 0.293 e. The Kier molecular flexibility index (Phi) is 6.82. The number of likely N-dealkylation sites (tertiary alicyclic amines) is 1. The van der Waals surface area contributed by atoms with Crippen LogP contribution in [-0.4, -0.2) is 35.4 Å². The first-order valence-electron chi connectivity index (χ1n) is 10.0. The van der Waals surface area contributed by atoms with Crippen LogP contribution in [0.25, 0.3) is 0 Å². The zero-order chi connectivity index (χ0) is 20.8. The lowest BCUT2D eigenvalue weighted by Crippen LogP contribution is -2.37. The molecule has 7 heteroatoms. The van der Waals surface area contributed by atoms with Gasteiger partial charge in [-0.3, -0.25) is 19.8 Å². The van der Waals surface area contributed by atoms with Gasteiger partial charge in [-0.1, -0.05) is 30.7 Å². The number of piperidine rings is 1. The minimum atomic E-state index is -0.488. The van der Waals surface area contributed by atoms with Crippen LogP contribution in [0.15, 0.2) is 42.5 Å². The molecule has 0 aromatic heterocycles. The average Bonchev–Trinajstić information content (AvgIpc) is 2.74. The first-order chi connectivity index (χ1) is 14.0. The number of nitrogens with one attached hydrogen (secondary N) is 2. The number of hydrogen-bond acceptors (Lipinski definition) is 5. The minimum absolute atomic E-state index is 0.111. The van der Waals surface area contributed by atoms with Crippen molar-refractivity contribution in [3.63, 3.8) is 0 Å². The van der Waals surface area contributed by atoms with Gasteiger partial charge in [-0.2, -0.15) is 0 Å². The second-order valence-electron chi connectivity index (χ2n) is 7.51. The third-order valence-corrected chi connectivity index (χ3v) is 5.60. The Morgan fingerprint density at radius 3 is 2.66 bits per heavy atom. The van der Waals surface area contributed by atoms with E-state index < -0.39 is 4.92 Å². The van der Waals surface area contributed by atoms with Gasteiger partial charge in [0.15, 0.2) is 0 Å². The van der Waals surface area contributed by atoms with Crippen LogP contribution >= 0.6 is 0 Å². The molecule has 1 amide bonds. The molecule has 0 saturated carbocycles. The summed E-state index contributed by atoms with van der Waals surface area (Å²) in [6.07, 6.45) is 3.73. The monoisotopic (exact) mass is 396 g/mol. The van der Waals surface area contributed by atoms with Gasteiger partial charge in [0.1, 0.15) is 5.69 Å². The Hall–Kier alpha value is -2.93. The molecular formula is C22H28N4O3. The predicted molar refractivity (Wildman–Crippen MR) is 114 cm³/mol. The van der Waals surface area contributed by atoms with Gasteiger partial charge in [-0.25, -0.2) is 0 Å². The van der Waals surface area contributed by atoms with Crippen LogP contribution in [0.2, 0.25) is 0 Å². The SMILES string of the molecule is CNc1ccc(C(=O)NCc2ccccc2CN2CCCCC2C)cc1[N+](=O)[O-]. The molecule has 2 aromatic rings. The minimum Gasteiger partial charge on any atom is -0.383 e. The number of rotatable bonds is 7. The van der Waals surface area contributed by atoms with E-state index in [0.29, 0.717) is 18.3 Å². The number of hydrogen-bond donors (Lipinski definition) is 2. The van der Waals surface area contributed by atoms with Crippen LogP contribution in [0.4, 0.5) is 11.4 Å². The third kappa shape index (κ3) is 5.12. The van der Waals surface area contributed by atoms with Gasteiger partial charge in [0.2, 0.25) is 0 Å². The lowest BCUT2D eigenvalue weighted by molar-refractivity contribution is -0.384. The number of benzene rings is 2.